The summed E-state index contributed by atoms with van der Waals surface area (Å²) in [4.78, 5) is 12.1. The lowest BCUT2D eigenvalue weighted by molar-refractivity contribution is -0.113. The Hall–Kier alpha value is -2.68. The highest BCUT2D eigenvalue weighted by Crippen LogP contribution is 2.23. The number of hydrogen-bond acceptors (Lipinski definition) is 7. The number of anilines is 1. The summed E-state index contributed by atoms with van der Waals surface area (Å²) in [5.41, 5.74) is 3.29. The van der Waals surface area contributed by atoms with Crippen molar-refractivity contribution in [3.05, 3.63) is 41.5 Å². The number of aryl methyl sites for hydroxylation is 2. The second kappa shape index (κ2) is 7.69. The molecule has 0 unspecified atom stereocenters. The van der Waals surface area contributed by atoms with Gasteiger partial charge in [-0.1, -0.05) is 48.4 Å². The molecule has 0 aliphatic carbocycles. The highest BCUT2D eigenvalue weighted by Gasteiger charge is 2.15. The van der Waals surface area contributed by atoms with Crippen molar-refractivity contribution < 1.29 is 9.21 Å². The molecule has 1 aromatic carbocycles. The van der Waals surface area contributed by atoms with Crippen molar-refractivity contribution in [2.45, 2.75) is 38.8 Å². The van der Waals surface area contributed by atoms with E-state index < -0.39 is 0 Å². The van der Waals surface area contributed by atoms with Gasteiger partial charge in [-0.2, -0.15) is 0 Å². The summed E-state index contributed by atoms with van der Waals surface area (Å²) in [5, 5.41) is 19.0. The van der Waals surface area contributed by atoms with Crippen LogP contribution in [0.5, 0.6) is 0 Å². The first-order valence-electron chi connectivity index (χ1n) is 8.17. The standard InChI is InChI=1S/C17H20N6O2S/c1-10(2)15-20-21-16(25-15)19-14(24)8-26-17-22-18-9-23(17)13-6-5-11(3)7-12(13)4/h5-7,9-10H,8H2,1-4H3,(H,19,21,24). The first-order chi connectivity index (χ1) is 12.4. The fraction of sp³-hybridized carbons (Fsp3) is 0.353. The second-order valence-corrected chi connectivity index (χ2v) is 7.15. The largest absolute Gasteiger partial charge is 0.408 e. The Labute approximate surface area is 155 Å². The van der Waals surface area contributed by atoms with Crippen LogP contribution in [-0.4, -0.2) is 36.6 Å². The van der Waals surface area contributed by atoms with Crippen molar-refractivity contribution in [1.29, 1.82) is 0 Å². The Morgan fingerprint density at radius 3 is 2.77 bits per heavy atom. The van der Waals surface area contributed by atoms with E-state index >= 15 is 0 Å². The summed E-state index contributed by atoms with van der Waals surface area (Å²) in [6.07, 6.45) is 1.64. The van der Waals surface area contributed by atoms with Crippen LogP contribution < -0.4 is 5.32 Å². The van der Waals surface area contributed by atoms with Gasteiger partial charge in [0, 0.05) is 5.92 Å². The number of thioether (sulfide) groups is 1. The minimum Gasteiger partial charge on any atom is -0.408 e. The van der Waals surface area contributed by atoms with Gasteiger partial charge in [-0.25, -0.2) is 0 Å². The third-order valence-corrected chi connectivity index (χ3v) is 4.58. The average molecular weight is 372 g/mol. The predicted octanol–water partition coefficient (Wildman–Crippen LogP) is 3.12. The molecule has 26 heavy (non-hydrogen) atoms. The molecule has 3 rings (SSSR count). The van der Waals surface area contributed by atoms with Crippen molar-refractivity contribution in [2.24, 2.45) is 0 Å². The fourth-order valence-electron chi connectivity index (χ4n) is 2.37. The Bertz CT molecular complexity index is 918. The first kappa shape index (κ1) is 18.1. The Morgan fingerprint density at radius 2 is 2.08 bits per heavy atom. The molecule has 1 N–H and O–H groups in total. The van der Waals surface area contributed by atoms with E-state index in [1.807, 2.05) is 44.4 Å². The summed E-state index contributed by atoms with van der Waals surface area (Å²) in [6, 6.07) is 6.25. The normalized spacial score (nSPS) is 11.1. The molecule has 1 amide bonds. The maximum atomic E-state index is 12.1. The van der Waals surface area contributed by atoms with E-state index in [4.69, 9.17) is 4.42 Å². The van der Waals surface area contributed by atoms with Crippen molar-refractivity contribution in [3.63, 3.8) is 0 Å². The maximum Gasteiger partial charge on any atom is 0.322 e. The van der Waals surface area contributed by atoms with Crippen LogP contribution in [0.25, 0.3) is 5.69 Å². The SMILES string of the molecule is Cc1ccc(-n2cnnc2SCC(=O)Nc2nnc(C(C)C)o2)c(C)c1. The van der Waals surface area contributed by atoms with Crippen LogP contribution in [0.3, 0.4) is 0 Å². The zero-order valence-electron chi connectivity index (χ0n) is 15.1. The van der Waals surface area contributed by atoms with Crippen LogP contribution in [0.15, 0.2) is 34.1 Å². The smallest absolute Gasteiger partial charge is 0.322 e. The molecule has 0 aliphatic heterocycles. The van der Waals surface area contributed by atoms with Crippen molar-refractivity contribution in [1.82, 2.24) is 25.0 Å². The quantitative estimate of drug-likeness (QED) is 0.664. The lowest BCUT2D eigenvalue weighted by atomic mass is 10.1. The van der Waals surface area contributed by atoms with Crippen LogP contribution in [0.1, 0.15) is 36.8 Å². The molecule has 0 spiro atoms. The fourth-order valence-corrected chi connectivity index (χ4v) is 3.09. The lowest BCUT2D eigenvalue weighted by Crippen LogP contribution is -2.14. The molecule has 2 heterocycles. The third-order valence-electron chi connectivity index (χ3n) is 3.64. The van der Waals surface area contributed by atoms with Gasteiger partial charge < -0.3 is 4.42 Å². The van der Waals surface area contributed by atoms with E-state index in [9.17, 15) is 4.79 Å². The summed E-state index contributed by atoms with van der Waals surface area (Å²) in [5.74, 6) is 0.508. The van der Waals surface area contributed by atoms with Crippen molar-refractivity contribution >= 4 is 23.7 Å². The average Bonchev–Trinajstić information content (AvgIpc) is 3.22. The lowest BCUT2D eigenvalue weighted by Gasteiger charge is -2.09. The molecule has 2 aromatic heterocycles. The Kier molecular flexibility index (Phi) is 5.36. The van der Waals surface area contributed by atoms with E-state index in [0.29, 0.717) is 11.0 Å². The van der Waals surface area contributed by atoms with Crippen LogP contribution in [0.2, 0.25) is 0 Å². The number of nitrogens with zero attached hydrogens (tertiary/aromatic N) is 5. The monoisotopic (exact) mass is 372 g/mol. The van der Waals surface area contributed by atoms with Gasteiger partial charge in [-0.15, -0.1) is 15.3 Å². The van der Waals surface area contributed by atoms with E-state index in [0.717, 1.165) is 11.3 Å². The molecule has 0 bridgehead atoms. The number of carbonyl (C=O) groups is 1. The van der Waals surface area contributed by atoms with Gasteiger partial charge in [-0.05, 0) is 25.5 Å². The molecule has 3 aromatic rings. The molecule has 9 heteroatoms. The van der Waals surface area contributed by atoms with Gasteiger partial charge >= 0.3 is 6.01 Å². The molecule has 0 saturated heterocycles. The predicted molar refractivity (Wildman–Crippen MR) is 98.6 cm³/mol. The molecule has 0 saturated carbocycles. The number of carbonyl (C=O) groups excluding carboxylic acids is 1. The minimum atomic E-state index is -0.246. The molecule has 0 radical (unpaired) electrons. The summed E-state index contributed by atoms with van der Waals surface area (Å²) in [6.45, 7) is 7.96. The molecule has 0 aliphatic rings. The molecular formula is C17H20N6O2S. The topological polar surface area (TPSA) is 98.7 Å². The van der Waals surface area contributed by atoms with Crippen LogP contribution in [-0.2, 0) is 4.79 Å². The van der Waals surface area contributed by atoms with Gasteiger partial charge in [0.25, 0.3) is 0 Å². The van der Waals surface area contributed by atoms with Crippen LogP contribution in [0.4, 0.5) is 6.01 Å². The van der Waals surface area contributed by atoms with Crippen molar-refractivity contribution in [3.8, 4) is 5.69 Å². The van der Waals surface area contributed by atoms with Crippen molar-refractivity contribution in [2.75, 3.05) is 11.1 Å². The zero-order chi connectivity index (χ0) is 18.7. The van der Waals surface area contributed by atoms with E-state index in [1.165, 1.54) is 17.3 Å². The number of hydrogen-bond donors (Lipinski definition) is 1. The molecule has 8 nitrogen and oxygen atoms in total. The van der Waals surface area contributed by atoms with Gasteiger partial charge in [-0.3, -0.25) is 14.7 Å². The Morgan fingerprint density at radius 1 is 1.27 bits per heavy atom. The van der Waals surface area contributed by atoms with Gasteiger partial charge in [0.15, 0.2) is 5.16 Å². The molecule has 0 atom stereocenters. The second-order valence-electron chi connectivity index (χ2n) is 6.21. The summed E-state index contributed by atoms with van der Waals surface area (Å²) in [7, 11) is 0. The summed E-state index contributed by atoms with van der Waals surface area (Å²) < 4.78 is 7.25. The number of amides is 1. The zero-order valence-corrected chi connectivity index (χ0v) is 15.9. The van der Waals surface area contributed by atoms with Crippen LogP contribution >= 0.6 is 11.8 Å². The van der Waals surface area contributed by atoms with Crippen LogP contribution in [0, 0.1) is 13.8 Å². The minimum absolute atomic E-state index is 0.107. The molecule has 0 fully saturated rings. The van der Waals surface area contributed by atoms with Gasteiger partial charge in [0.2, 0.25) is 11.8 Å². The van der Waals surface area contributed by atoms with E-state index in [-0.39, 0.29) is 23.6 Å². The molecular weight excluding hydrogens is 352 g/mol. The Balaban J connectivity index is 1.65. The highest BCUT2D eigenvalue weighted by molar-refractivity contribution is 7.99. The number of nitrogens with one attached hydrogen (secondary N) is 1. The number of benzene rings is 1. The van der Waals surface area contributed by atoms with Gasteiger partial charge in [0.05, 0.1) is 11.4 Å². The number of rotatable bonds is 6. The highest BCUT2D eigenvalue weighted by atomic mass is 32.2. The summed E-state index contributed by atoms with van der Waals surface area (Å²) >= 11 is 1.29. The van der Waals surface area contributed by atoms with Gasteiger partial charge in [0.1, 0.15) is 6.33 Å². The first-order valence-corrected chi connectivity index (χ1v) is 9.16. The van der Waals surface area contributed by atoms with E-state index in [2.05, 4.69) is 31.8 Å². The third kappa shape index (κ3) is 4.10. The number of aromatic nitrogens is 5. The maximum absolute atomic E-state index is 12.1. The molecule has 136 valence electrons. The van der Waals surface area contributed by atoms with E-state index in [1.54, 1.807) is 6.33 Å².